The molecule has 5 heteroatoms. The molecule has 0 radical (unpaired) electrons. The van der Waals surface area contributed by atoms with E-state index in [1.165, 1.54) is 33.2 Å². The van der Waals surface area contributed by atoms with E-state index in [1.807, 2.05) is 60.7 Å². The molecule has 0 saturated heterocycles. The van der Waals surface area contributed by atoms with Gasteiger partial charge < -0.3 is 9.30 Å². The largest absolute Gasteiger partial charge is 0.484 e. The molecule has 1 aliphatic carbocycles. The van der Waals surface area contributed by atoms with Crippen molar-refractivity contribution < 1.29 is 4.74 Å². The van der Waals surface area contributed by atoms with Crippen molar-refractivity contribution in [2.45, 2.75) is 12.0 Å². The first kappa shape index (κ1) is 32.1. The number of nitrogens with zero attached hydrogens (tertiary/aromatic N) is 4. The second kappa shape index (κ2) is 13.2. The van der Waals surface area contributed by atoms with Gasteiger partial charge in [-0.1, -0.05) is 146 Å². The summed E-state index contributed by atoms with van der Waals surface area (Å²) in [5.74, 6) is 2.86. The zero-order valence-electron chi connectivity index (χ0n) is 30.3. The molecule has 3 heterocycles. The Morgan fingerprint density at radius 2 is 0.982 bits per heavy atom. The van der Waals surface area contributed by atoms with Crippen LogP contribution in [-0.2, 0) is 0 Å². The quantitative estimate of drug-likeness (QED) is 0.172. The fraction of sp³-hybridized carbons (Fsp3) is 0.0392. The van der Waals surface area contributed by atoms with Crippen LogP contribution in [-0.4, -0.2) is 19.5 Å². The summed E-state index contributed by atoms with van der Waals surface area (Å²) in [6.45, 7) is 0. The number of fused-ring (bicyclic) bond motifs is 7. The molecule has 9 aromatic rings. The van der Waals surface area contributed by atoms with E-state index in [2.05, 4.69) is 138 Å². The fourth-order valence-corrected chi connectivity index (χ4v) is 8.34. The summed E-state index contributed by atoms with van der Waals surface area (Å²) in [6, 6.07) is 63.5. The number of para-hydroxylation sites is 1. The molecule has 0 fully saturated rings. The predicted molar refractivity (Wildman–Crippen MR) is 225 cm³/mol. The summed E-state index contributed by atoms with van der Waals surface area (Å²) in [5, 5.41) is 1.20. The zero-order valence-corrected chi connectivity index (χ0v) is 30.3. The molecule has 2 unspecified atom stereocenters. The molecule has 1 aliphatic heterocycles. The van der Waals surface area contributed by atoms with Crippen LogP contribution < -0.4 is 4.74 Å². The Hall–Kier alpha value is -7.37. The molecule has 5 nitrogen and oxygen atoms in total. The molecule has 7 aromatic carbocycles. The van der Waals surface area contributed by atoms with Crippen molar-refractivity contribution in [3.8, 4) is 67.9 Å². The Morgan fingerprint density at radius 1 is 0.446 bits per heavy atom. The maximum Gasteiger partial charge on any atom is 0.164 e. The van der Waals surface area contributed by atoms with Crippen LogP contribution in [0.2, 0.25) is 0 Å². The zero-order chi connectivity index (χ0) is 37.0. The first-order chi connectivity index (χ1) is 27.7. The lowest BCUT2D eigenvalue weighted by Gasteiger charge is -2.22. The van der Waals surface area contributed by atoms with E-state index < -0.39 is 0 Å². The molecule has 11 rings (SSSR count). The molecule has 0 N–H and O–H groups in total. The SMILES string of the molecule is C1=CC2c3cc(-c4nc(-c5ccccc5)nc(-c5ccccc5)n4)ccc3OC2c2c1n(-c1ccc(-c3cccc(-c4ccccc4)c3)cc1)c1ccccc21. The number of hydrogen-bond donors (Lipinski definition) is 0. The fourth-order valence-electron chi connectivity index (χ4n) is 8.34. The van der Waals surface area contributed by atoms with Gasteiger partial charge in [0.2, 0.25) is 0 Å². The molecule has 2 atom stereocenters. The summed E-state index contributed by atoms with van der Waals surface area (Å²) < 4.78 is 9.25. The van der Waals surface area contributed by atoms with Gasteiger partial charge in [-0.3, -0.25) is 0 Å². The minimum atomic E-state index is -0.162. The number of rotatable bonds is 6. The number of aromatic nitrogens is 4. The summed E-state index contributed by atoms with van der Waals surface area (Å²) >= 11 is 0. The van der Waals surface area contributed by atoms with Crippen molar-refractivity contribution in [3.63, 3.8) is 0 Å². The molecule has 0 bridgehead atoms. The third-order valence-corrected chi connectivity index (χ3v) is 11.0. The van der Waals surface area contributed by atoms with Crippen LogP contribution in [0.4, 0.5) is 0 Å². The minimum absolute atomic E-state index is 0.0417. The first-order valence-corrected chi connectivity index (χ1v) is 19.0. The van der Waals surface area contributed by atoms with Gasteiger partial charge >= 0.3 is 0 Å². The van der Waals surface area contributed by atoms with Crippen molar-refractivity contribution in [2.24, 2.45) is 0 Å². The van der Waals surface area contributed by atoms with Crippen LogP contribution in [0.25, 0.3) is 79.1 Å². The number of hydrogen-bond acceptors (Lipinski definition) is 4. The van der Waals surface area contributed by atoms with Gasteiger partial charge in [-0.2, -0.15) is 0 Å². The molecule has 56 heavy (non-hydrogen) atoms. The number of ether oxygens (including phenoxy) is 1. The van der Waals surface area contributed by atoms with Crippen LogP contribution in [0.5, 0.6) is 5.75 Å². The van der Waals surface area contributed by atoms with E-state index in [9.17, 15) is 0 Å². The molecular formula is C51H34N4O. The van der Waals surface area contributed by atoms with E-state index in [0.29, 0.717) is 17.5 Å². The van der Waals surface area contributed by atoms with Crippen LogP contribution in [0.1, 0.15) is 28.8 Å². The monoisotopic (exact) mass is 718 g/mol. The van der Waals surface area contributed by atoms with Crippen LogP contribution in [0.15, 0.2) is 188 Å². The van der Waals surface area contributed by atoms with Crippen LogP contribution in [0.3, 0.4) is 0 Å². The summed E-state index contributed by atoms with van der Waals surface area (Å²) in [4.78, 5) is 14.9. The van der Waals surface area contributed by atoms with Crippen LogP contribution >= 0.6 is 0 Å². The molecule has 0 saturated carbocycles. The molecule has 2 aliphatic rings. The topological polar surface area (TPSA) is 52.8 Å². The third kappa shape index (κ3) is 5.44. The van der Waals surface area contributed by atoms with Gasteiger partial charge in [0.25, 0.3) is 0 Å². The lowest BCUT2D eigenvalue weighted by atomic mass is 9.85. The molecule has 0 amide bonds. The highest BCUT2D eigenvalue weighted by molar-refractivity contribution is 5.92. The lowest BCUT2D eigenvalue weighted by molar-refractivity contribution is 0.224. The molecule has 264 valence electrons. The Kier molecular flexibility index (Phi) is 7.56. The number of benzene rings is 7. The second-order valence-electron chi connectivity index (χ2n) is 14.4. The predicted octanol–water partition coefficient (Wildman–Crippen LogP) is 12.4. The summed E-state index contributed by atoms with van der Waals surface area (Å²) in [7, 11) is 0. The highest BCUT2D eigenvalue weighted by Crippen LogP contribution is 2.53. The van der Waals surface area contributed by atoms with Gasteiger partial charge in [0.15, 0.2) is 17.5 Å². The lowest BCUT2D eigenvalue weighted by Crippen LogP contribution is -2.13. The Labute approximate surface area is 324 Å². The molecule has 2 aromatic heterocycles. The van der Waals surface area contributed by atoms with Gasteiger partial charge in [0, 0.05) is 44.8 Å². The van der Waals surface area contributed by atoms with Gasteiger partial charge in [0.05, 0.1) is 11.2 Å². The van der Waals surface area contributed by atoms with Crippen molar-refractivity contribution in [1.82, 2.24) is 19.5 Å². The van der Waals surface area contributed by atoms with E-state index in [-0.39, 0.29) is 12.0 Å². The highest BCUT2D eigenvalue weighted by Gasteiger charge is 2.40. The average Bonchev–Trinajstić information content (AvgIpc) is 3.83. The van der Waals surface area contributed by atoms with Crippen LogP contribution in [0, 0.1) is 0 Å². The van der Waals surface area contributed by atoms with Crippen molar-refractivity contribution >= 4 is 17.0 Å². The summed E-state index contributed by atoms with van der Waals surface area (Å²) in [6.07, 6.45) is 4.42. The standard InChI is InChI=1S/C51H34N4O/c1-4-13-33(14-5-1)37-19-12-20-38(31-37)34-23-26-40(27-24-34)55-44-22-11-10-21-42(44)47-45(55)29-28-41-43-32-39(25-30-46(43)56-48(41)47)51-53-49(35-15-6-2-7-16-35)52-50(54-51)36-17-8-3-9-18-36/h1-32,41,48H. The van der Waals surface area contributed by atoms with Crippen molar-refractivity contribution in [1.29, 1.82) is 0 Å². The van der Waals surface area contributed by atoms with E-state index >= 15 is 0 Å². The van der Waals surface area contributed by atoms with Gasteiger partial charge in [-0.25, -0.2) is 15.0 Å². The second-order valence-corrected chi connectivity index (χ2v) is 14.4. The average molecular weight is 719 g/mol. The maximum atomic E-state index is 6.88. The minimum Gasteiger partial charge on any atom is -0.484 e. The first-order valence-electron chi connectivity index (χ1n) is 19.0. The van der Waals surface area contributed by atoms with E-state index in [0.717, 1.165) is 44.9 Å². The smallest absolute Gasteiger partial charge is 0.164 e. The normalized spacial score (nSPS) is 15.2. The Morgan fingerprint density at radius 3 is 1.64 bits per heavy atom. The summed E-state index contributed by atoms with van der Waals surface area (Å²) in [5.41, 5.74) is 13.4. The van der Waals surface area contributed by atoms with E-state index in [4.69, 9.17) is 19.7 Å². The molecular weight excluding hydrogens is 685 g/mol. The Balaban J connectivity index is 0.959. The Bertz CT molecular complexity index is 2880. The maximum absolute atomic E-state index is 6.88. The highest BCUT2D eigenvalue weighted by atomic mass is 16.5. The van der Waals surface area contributed by atoms with Gasteiger partial charge in [0.1, 0.15) is 11.9 Å². The van der Waals surface area contributed by atoms with Gasteiger partial charge in [-0.15, -0.1) is 0 Å². The molecule has 0 spiro atoms. The van der Waals surface area contributed by atoms with Crippen molar-refractivity contribution in [2.75, 3.05) is 0 Å². The van der Waals surface area contributed by atoms with E-state index in [1.54, 1.807) is 0 Å². The van der Waals surface area contributed by atoms with Gasteiger partial charge in [-0.05, 0) is 70.8 Å². The van der Waals surface area contributed by atoms with Crippen molar-refractivity contribution in [3.05, 3.63) is 205 Å². The third-order valence-electron chi connectivity index (χ3n) is 11.0.